The molecule has 2 aliphatic heterocycles. The minimum absolute atomic E-state index is 0.304. The van der Waals surface area contributed by atoms with E-state index in [2.05, 4.69) is 23.5 Å². The first-order valence-electron chi connectivity index (χ1n) is 8.54. The van der Waals surface area contributed by atoms with E-state index >= 15 is 0 Å². The Morgan fingerprint density at radius 1 is 1.21 bits per heavy atom. The summed E-state index contributed by atoms with van der Waals surface area (Å²) >= 11 is 5.90. The predicted molar refractivity (Wildman–Crippen MR) is 94.4 cm³/mol. The van der Waals surface area contributed by atoms with Crippen LogP contribution in [0.5, 0.6) is 5.75 Å². The number of benzene rings is 2. The summed E-state index contributed by atoms with van der Waals surface area (Å²) in [4.78, 5) is 0. The molecule has 0 amide bonds. The summed E-state index contributed by atoms with van der Waals surface area (Å²) in [5.74, 6) is 1.17. The summed E-state index contributed by atoms with van der Waals surface area (Å²) in [5.41, 5.74) is 2.33. The molecule has 0 aromatic heterocycles. The molecule has 2 aliphatic rings. The van der Waals surface area contributed by atoms with Gasteiger partial charge in [-0.1, -0.05) is 35.9 Å². The molecule has 0 spiro atoms. The summed E-state index contributed by atoms with van der Waals surface area (Å²) in [6.45, 7) is 4.04. The molecular formula is C20H21ClFNO. The average Bonchev–Trinajstić information content (AvgIpc) is 2.92. The molecule has 4 rings (SSSR count). The molecule has 2 nitrogen and oxygen atoms in total. The van der Waals surface area contributed by atoms with Crippen molar-refractivity contribution < 1.29 is 9.13 Å². The van der Waals surface area contributed by atoms with Crippen molar-refractivity contribution in [2.24, 2.45) is 0 Å². The number of piperidine rings is 1. The van der Waals surface area contributed by atoms with Gasteiger partial charge in [-0.2, -0.15) is 0 Å². The first-order valence-corrected chi connectivity index (χ1v) is 8.92. The maximum atomic E-state index is 14.5. The Morgan fingerprint density at radius 2 is 2.00 bits per heavy atom. The third-order valence-electron chi connectivity index (χ3n) is 5.26. The van der Waals surface area contributed by atoms with Crippen LogP contribution in [0.15, 0.2) is 36.4 Å². The van der Waals surface area contributed by atoms with Crippen molar-refractivity contribution in [2.45, 2.75) is 37.7 Å². The standard InChI is InChI=1S/C20H21ClFNO/c1-20(17-6-5-15(21)11-18(17)22)12-14-3-2-4-16(19(14)24-20)13-7-9-23-10-8-13/h2-6,11,13,23H,7-10,12H2,1H3/t20-/m1/s1. The fourth-order valence-electron chi connectivity index (χ4n) is 4.02. The van der Waals surface area contributed by atoms with Crippen LogP contribution in [0.3, 0.4) is 0 Å². The summed E-state index contributed by atoms with van der Waals surface area (Å²) < 4.78 is 20.8. The van der Waals surface area contributed by atoms with E-state index in [0.717, 1.165) is 31.7 Å². The third kappa shape index (κ3) is 2.70. The highest BCUT2D eigenvalue weighted by Crippen LogP contribution is 2.47. The van der Waals surface area contributed by atoms with Crippen LogP contribution in [-0.2, 0) is 12.0 Å². The number of hydrogen-bond acceptors (Lipinski definition) is 2. The Labute approximate surface area is 147 Å². The highest BCUT2D eigenvalue weighted by atomic mass is 35.5. The van der Waals surface area contributed by atoms with Gasteiger partial charge in [-0.25, -0.2) is 4.39 Å². The summed E-state index contributed by atoms with van der Waals surface area (Å²) in [7, 11) is 0. The molecule has 0 aliphatic carbocycles. The maximum Gasteiger partial charge on any atom is 0.138 e. The first kappa shape index (κ1) is 15.9. The summed E-state index contributed by atoms with van der Waals surface area (Å²) in [6.07, 6.45) is 2.91. The van der Waals surface area contributed by atoms with Crippen molar-refractivity contribution in [2.75, 3.05) is 13.1 Å². The SMILES string of the molecule is C[C@]1(c2ccc(Cl)cc2F)Cc2cccc(C3CCNCC3)c2O1. The average molecular weight is 346 g/mol. The molecule has 24 heavy (non-hydrogen) atoms. The van der Waals surface area contributed by atoms with Gasteiger partial charge in [-0.3, -0.25) is 0 Å². The molecular weight excluding hydrogens is 325 g/mol. The molecule has 1 fully saturated rings. The molecule has 0 saturated carbocycles. The number of hydrogen-bond donors (Lipinski definition) is 1. The van der Waals surface area contributed by atoms with Crippen LogP contribution in [0, 0.1) is 5.82 Å². The van der Waals surface area contributed by atoms with Crippen LogP contribution in [-0.4, -0.2) is 13.1 Å². The largest absolute Gasteiger partial charge is 0.482 e. The molecule has 2 aromatic rings. The smallest absolute Gasteiger partial charge is 0.138 e. The van der Waals surface area contributed by atoms with E-state index in [-0.39, 0.29) is 5.82 Å². The molecule has 0 bridgehead atoms. The van der Waals surface area contributed by atoms with E-state index in [9.17, 15) is 4.39 Å². The fraction of sp³-hybridized carbons (Fsp3) is 0.400. The zero-order valence-electron chi connectivity index (χ0n) is 13.7. The predicted octanol–water partition coefficient (Wildman–Crippen LogP) is 4.80. The zero-order chi connectivity index (χ0) is 16.7. The van der Waals surface area contributed by atoms with Crippen LogP contribution < -0.4 is 10.1 Å². The Bertz CT molecular complexity index is 772. The van der Waals surface area contributed by atoms with Gasteiger partial charge in [0.15, 0.2) is 0 Å². The molecule has 2 aromatic carbocycles. The minimum Gasteiger partial charge on any atom is -0.482 e. The van der Waals surface area contributed by atoms with Crippen molar-refractivity contribution in [3.05, 3.63) is 63.9 Å². The van der Waals surface area contributed by atoms with Gasteiger partial charge in [0.25, 0.3) is 0 Å². The van der Waals surface area contributed by atoms with E-state index < -0.39 is 5.60 Å². The van der Waals surface area contributed by atoms with Gasteiger partial charge in [0.1, 0.15) is 17.2 Å². The lowest BCUT2D eigenvalue weighted by Crippen LogP contribution is -2.29. The van der Waals surface area contributed by atoms with E-state index in [1.807, 2.05) is 6.92 Å². The second kappa shape index (κ2) is 6.05. The number of rotatable bonds is 2. The number of halogens is 2. The molecule has 0 unspecified atom stereocenters. The van der Waals surface area contributed by atoms with Crippen LogP contribution in [0.4, 0.5) is 4.39 Å². The van der Waals surface area contributed by atoms with Gasteiger partial charge >= 0.3 is 0 Å². The van der Waals surface area contributed by atoms with Gasteiger partial charge < -0.3 is 10.1 Å². The second-order valence-electron chi connectivity index (χ2n) is 6.99. The van der Waals surface area contributed by atoms with E-state index in [1.165, 1.54) is 17.2 Å². The topological polar surface area (TPSA) is 21.3 Å². The highest BCUT2D eigenvalue weighted by molar-refractivity contribution is 6.30. The first-order chi connectivity index (χ1) is 11.6. The maximum absolute atomic E-state index is 14.5. The number of ether oxygens (including phenoxy) is 1. The Balaban J connectivity index is 1.70. The number of para-hydroxylation sites is 1. The molecule has 0 radical (unpaired) electrons. The zero-order valence-corrected chi connectivity index (χ0v) is 14.5. The normalized spacial score (nSPS) is 23.8. The molecule has 126 valence electrons. The molecule has 4 heteroatoms. The Hall–Kier alpha value is -1.58. The van der Waals surface area contributed by atoms with Gasteiger partial charge in [0.05, 0.1) is 0 Å². The molecule has 1 atom stereocenters. The van der Waals surface area contributed by atoms with Crippen LogP contribution in [0.1, 0.15) is 42.4 Å². The summed E-state index contributed by atoms with van der Waals surface area (Å²) in [5, 5.41) is 3.81. The van der Waals surface area contributed by atoms with Crippen LogP contribution >= 0.6 is 11.6 Å². The Kier molecular flexibility index (Phi) is 4.01. The van der Waals surface area contributed by atoms with Crippen molar-refractivity contribution in [1.82, 2.24) is 5.32 Å². The quantitative estimate of drug-likeness (QED) is 0.844. The van der Waals surface area contributed by atoms with Crippen molar-refractivity contribution in [3.8, 4) is 5.75 Å². The lowest BCUT2D eigenvalue weighted by molar-refractivity contribution is 0.109. The summed E-state index contributed by atoms with van der Waals surface area (Å²) in [6, 6.07) is 11.2. The van der Waals surface area contributed by atoms with Gasteiger partial charge in [0, 0.05) is 17.0 Å². The number of fused-ring (bicyclic) bond motifs is 1. The monoisotopic (exact) mass is 345 g/mol. The van der Waals surface area contributed by atoms with E-state index in [4.69, 9.17) is 16.3 Å². The van der Waals surface area contributed by atoms with Crippen molar-refractivity contribution in [1.29, 1.82) is 0 Å². The van der Waals surface area contributed by atoms with Crippen molar-refractivity contribution in [3.63, 3.8) is 0 Å². The second-order valence-corrected chi connectivity index (χ2v) is 7.43. The third-order valence-corrected chi connectivity index (χ3v) is 5.50. The lowest BCUT2D eigenvalue weighted by Gasteiger charge is -2.28. The van der Waals surface area contributed by atoms with E-state index in [1.54, 1.807) is 12.1 Å². The highest BCUT2D eigenvalue weighted by Gasteiger charge is 2.40. The van der Waals surface area contributed by atoms with Crippen molar-refractivity contribution >= 4 is 11.6 Å². The molecule has 1 saturated heterocycles. The minimum atomic E-state index is -0.681. The molecule has 1 N–H and O–H groups in total. The van der Waals surface area contributed by atoms with Gasteiger partial charge in [-0.15, -0.1) is 0 Å². The van der Waals surface area contributed by atoms with Gasteiger partial charge in [-0.05, 0) is 62.0 Å². The Morgan fingerprint density at radius 3 is 2.75 bits per heavy atom. The molecule has 2 heterocycles. The van der Waals surface area contributed by atoms with E-state index in [0.29, 0.717) is 22.9 Å². The van der Waals surface area contributed by atoms with Crippen LogP contribution in [0.2, 0.25) is 5.02 Å². The number of nitrogens with one attached hydrogen (secondary N) is 1. The lowest BCUT2D eigenvalue weighted by atomic mass is 9.87. The van der Waals surface area contributed by atoms with Crippen LogP contribution in [0.25, 0.3) is 0 Å². The fourth-order valence-corrected chi connectivity index (χ4v) is 4.17. The van der Waals surface area contributed by atoms with Gasteiger partial charge in [0.2, 0.25) is 0 Å².